The standard InChI is InChI=1S/C18H26O/c1-6-9-17(5)14-18(19)13-8-12-16(4)11-7-10-15(2)3/h1,9-10,12,14,19H,7-8,11,13H2,2-5H3/b16-12-,17-9-,18-14+. The topological polar surface area (TPSA) is 20.2 Å². The molecule has 0 aliphatic rings. The van der Waals surface area contributed by atoms with Crippen molar-refractivity contribution in [2.75, 3.05) is 0 Å². The van der Waals surface area contributed by atoms with E-state index in [1.807, 2.05) is 6.92 Å². The molecule has 0 bridgehead atoms. The summed E-state index contributed by atoms with van der Waals surface area (Å²) in [6.07, 6.45) is 16.7. The zero-order valence-electron chi connectivity index (χ0n) is 12.7. The number of aliphatic hydroxyl groups is 1. The van der Waals surface area contributed by atoms with Gasteiger partial charge >= 0.3 is 0 Å². The molecule has 0 aromatic carbocycles. The van der Waals surface area contributed by atoms with Crippen LogP contribution in [0.4, 0.5) is 0 Å². The van der Waals surface area contributed by atoms with Crippen molar-refractivity contribution in [2.45, 2.75) is 53.4 Å². The second-order valence-corrected chi connectivity index (χ2v) is 5.10. The summed E-state index contributed by atoms with van der Waals surface area (Å²) in [5, 5.41) is 9.72. The predicted octanol–water partition coefficient (Wildman–Crippen LogP) is 5.48. The van der Waals surface area contributed by atoms with E-state index in [-0.39, 0.29) is 0 Å². The molecule has 1 N–H and O–H groups in total. The van der Waals surface area contributed by atoms with Gasteiger partial charge in [-0.25, -0.2) is 0 Å². The van der Waals surface area contributed by atoms with Crippen molar-refractivity contribution >= 4 is 0 Å². The third-order valence-corrected chi connectivity index (χ3v) is 2.69. The number of hydrogen-bond acceptors (Lipinski definition) is 1. The number of rotatable bonds is 7. The Bertz CT molecular complexity index is 421. The SMILES string of the molecule is C#C/C=C(C)\C=C(\O)CC/C=C(/C)CCC=C(C)C. The first-order valence-corrected chi connectivity index (χ1v) is 6.77. The lowest BCUT2D eigenvalue weighted by molar-refractivity contribution is 0.389. The highest BCUT2D eigenvalue weighted by Gasteiger charge is 1.94. The van der Waals surface area contributed by atoms with E-state index in [1.165, 1.54) is 11.1 Å². The Kier molecular flexibility index (Phi) is 9.35. The Morgan fingerprint density at radius 3 is 2.26 bits per heavy atom. The van der Waals surface area contributed by atoms with Gasteiger partial charge in [-0.15, -0.1) is 6.42 Å². The molecule has 0 aliphatic heterocycles. The summed E-state index contributed by atoms with van der Waals surface area (Å²) in [5.74, 6) is 2.83. The van der Waals surface area contributed by atoms with Gasteiger partial charge in [0, 0.05) is 6.42 Å². The average Bonchev–Trinajstić information content (AvgIpc) is 2.28. The van der Waals surface area contributed by atoms with Gasteiger partial charge in [-0.3, -0.25) is 0 Å². The molecule has 1 nitrogen and oxygen atoms in total. The Hall–Kier alpha value is -1.68. The van der Waals surface area contributed by atoms with Crippen molar-refractivity contribution < 1.29 is 5.11 Å². The van der Waals surface area contributed by atoms with Crippen molar-refractivity contribution in [1.82, 2.24) is 0 Å². The maximum absolute atomic E-state index is 9.72. The van der Waals surface area contributed by atoms with Crippen molar-refractivity contribution in [2.24, 2.45) is 0 Å². The lowest BCUT2D eigenvalue weighted by Crippen LogP contribution is -1.83. The molecular formula is C18H26O. The highest BCUT2D eigenvalue weighted by atomic mass is 16.3. The van der Waals surface area contributed by atoms with E-state index in [2.05, 4.69) is 38.8 Å². The smallest absolute Gasteiger partial charge is 0.0928 e. The zero-order valence-corrected chi connectivity index (χ0v) is 12.7. The molecule has 19 heavy (non-hydrogen) atoms. The lowest BCUT2D eigenvalue weighted by atomic mass is 10.1. The Morgan fingerprint density at radius 1 is 1.05 bits per heavy atom. The minimum Gasteiger partial charge on any atom is -0.512 e. The number of hydrogen-bond donors (Lipinski definition) is 1. The Morgan fingerprint density at radius 2 is 1.68 bits per heavy atom. The molecule has 0 heterocycles. The van der Waals surface area contributed by atoms with Crippen molar-refractivity contribution in [1.29, 1.82) is 0 Å². The maximum atomic E-state index is 9.72. The molecule has 0 fully saturated rings. The van der Waals surface area contributed by atoms with Gasteiger partial charge in [-0.2, -0.15) is 0 Å². The van der Waals surface area contributed by atoms with E-state index in [1.54, 1.807) is 12.2 Å². The third-order valence-electron chi connectivity index (χ3n) is 2.69. The molecule has 0 unspecified atom stereocenters. The van der Waals surface area contributed by atoms with Gasteiger partial charge in [0.1, 0.15) is 0 Å². The van der Waals surface area contributed by atoms with E-state index in [0.717, 1.165) is 24.8 Å². The molecule has 0 aromatic rings. The Labute approximate surface area is 118 Å². The summed E-state index contributed by atoms with van der Waals surface area (Å²) in [7, 11) is 0. The molecule has 0 amide bonds. The van der Waals surface area contributed by atoms with Crippen LogP contribution in [0.1, 0.15) is 53.4 Å². The molecule has 0 saturated carbocycles. The van der Waals surface area contributed by atoms with Crippen LogP contribution in [0.2, 0.25) is 0 Å². The van der Waals surface area contributed by atoms with Gasteiger partial charge in [0.15, 0.2) is 0 Å². The molecule has 0 aliphatic carbocycles. The summed E-state index contributed by atoms with van der Waals surface area (Å²) >= 11 is 0. The minimum atomic E-state index is 0.386. The number of aliphatic hydroxyl groups excluding tert-OH is 1. The van der Waals surface area contributed by atoms with Crippen LogP contribution in [0, 0.1) is 12.3 Å². The van der Waals surface area contributed by atoms with E-state index in [9.17, 15) is 5.11 Å². The van der Waals surface area contributed by atoms with Gasteiger partial charge < -0.3 is 5.11 Å². The van der Waals surface area contributed by atoms with E-state index in [0.29, 0.717) is 12.2 Å². The molecule has 1 heteroatoms. The number of terminal acetylenes is 1. The molecule has 0 spiro atoms. The number of allylic oxidation sites excluding steroid dienone is 8. The zero-order chi connectivity index (χ0) is 14.7. The van der Waals surface area contributed by atoms with Crippen molar-refractivity contribution in [3.8, 4) is 12.3 Å². The summed E-state index contributed by atoms with van der Waals surface area (Å²) in [4.78, 5) is 0. The molecule has 0 radical (unpaired) electrons. The monoisotopic (exact) mass is 258 g/mol. The quantitative estimate of drug-likeness (QED) is 0.277. The largest absolute Gasteiger partial charge is 0.512 e. The first-order chi connectivity index (χ1) is 8.95. The van der Waals surface area contributed by atoms with Gasteiger partial charge in [-0.05, 0) is 64.7 Å². The normalized spacial score (nSPS) is 13.1. The van der Waals surface area contributed by atoms with Gasteiger partial charge in [-0.1, -0.05) is 29.2 Å². The molecule has 0 rings (SSSR count). The van der Waals surface area contributed by atoms with E-state index in [4.69, 9.17) is 6.42 Å². The van der Waals surface area contributed by atoms with Gasteiger partial charge in [0.2, 0.25) is 0 Å². The van der Waals surface area contributed by atoms with Gasteiger partial charge in [0.05, 0.1) is 5.76 Å². The molecule has 0 aromatic heterocycles. The second kappa shape index (κ2) is 10.3. The minimum absolute atomic E-state index is 0.386. The van der Waals surface area contributed by atoms with Gasteiger partial charge in [0.25, 0.3) is 0 Å². The fourth-order valence-corrected chi connectivity index (χ4v) is 1.67. The highest BCUT2D eigenvalue weighted by Crippen LogP contribution is 2.11. The van der Waals surface area contributed by atoms with Crippen LogP contribution in [0.15, 0.2) is 46.8 Å². The average molecular weight is 258 g/mol. The summed E-state index contributed by atoms with van der Waals surface area (Å²) in [6, 6.07) is 0. The van der Waals surface area contributed by atoms with Crippen LogP contribution >= 0.6 is 0 Å². The van der Waals surface area contributed by atoms with Crippen LogP contribution < -0.4 is 0 Å². The Balaban J connectivity index is 4.11. The lowest BCUT2D eigenvalue weighted by Gasteiger charge is -2.01. The maximum Gasteiger partial charge on any atom is 0.0928 e. The first-order valence-electron chi connectivity index (χ1n) is 6.77. The second-order valence-electron chi connectivity index (χ2n) is 5.10. The first kappa shape index (κ1) is 17.3. The summed E-state index contributed by atoms with van der Waals surface area (Å²) in [5.41, 5.74) is 3.65. The summed E-state index contributed by atoms with van der Waals surface area (Å²) < 4.78 is 0. The van der Waals surface area contributed by atoms with Crippen LogP contribution in [0.5, 0.6) is 0 Å². The van der Waals surface area contributed by atoms with E-state index >= 15 is 0 Å². The van der Waals surface area contributed by atoms with E-state index < -0.39 is 0 Å². The molecule has 0 saturated heterocycles. The third kappa shape index (κ3) is 11.2. The summed E-state index contributed by atoms with van der Waals surface area (Å²) in [6.45, 7) is 8.27. The molecule has 104 valence electrons. The van der Waals surface area contributed by atoms with Crippen molar-refractivity contribution in [3.63, 3.8) is 0 Å². The fraction of sp³-hybridized carbons (Fsp3) is 0.444. The van der Waals surface area contributed by atoms with Crippen LogP contribution in [-0.4, -0.2) is 5.11 Å². The van der Waals surface area contributed by atoms with Crippen LogP contribution in [-0.2, 0) is 0 Å². The fourth-order valence-electron chi connectivity index (χ4n) is 1.67. The van der Waals surface area contributed by atoms with Crippen LogP contribution in [0.25, 0.3) is 0 Å². The van der Waals surface area contributed by atoms with Crippen LogP contribution in [0.3, 0.4) is 0 Å². The predicted molar refractivity (Wildman–Crippen MR) is 85.0 cm³/mol. The molecular weight excluding hydrogens is 232 g/mol. The molecule has 0 atom stereocenters. The highest BCUT2D eigenvalue weighted by molar-refractivity contribution is 5.26. The van der Waals surface area contributed by atoms with Crippen molar-refractivity contribution in [3.05, 3.63) is 46.8 Å².